The van der Waals surface area contributed by atoms with E-state index in [1.54, 1.807) is 0 Å². The van der Waals surface area contributed by atoms with Gasteiger partial charge in [-0.3, -0.25) is 4.79 Å². The Morgan fingerprint density at radius 3 is 2.69 bits per heavy atom. The normalized spacial score (nSPS) is 37.7. The zero-order chi connectivity index (χ0) is 21.2. The molecule has 1 fully saturated rings. The van der Waals surface area contributed by atoms with Crippen molar-refractivity contribution in [2.45, 2.75) is 91.5 Å². The molecule has 1 saturated heterocycles. The first kappa shape index (κ1) is 22.6. The highest BCUT2D eigenvalue weighted by molar-refractivity contribution is 5.70. The van der Waals surface area contributed by atoms with Crippen LogP contribution in [0.2, 0.25) is 0 Å². The predicted molar refractivity (Wildman–Crippen MR) is 115 cm³/mol. The molecule has 2 aliphatic carbocycles. The molecule has 0 saturated carbocycles. The Hall–Kier alpha value is -1.13. The lowest BCUT2D eigenvalue weighted by Crippen LogP contribution is -2.41. The summed E-state index contributed by atoms with van der Waals surface area (Å²) in [6.07, 6.45) is 11.3. The van der Waals surface area contributed by atoms with Crippen LogP contribution in [-0.4, -0.2) is 36.0 Å². The Kier molecular flexibility index (Phi) is 7.27. The molecule has 0 aromatic rings. The summed E-state index contributed by atoms with van der Waals surface area (Å²) < 4.78 is 12.1. The van der Waals surface area contributed by atoms with Gasteiger partial charge in [-0.25, -0.2) is 0 Å². The monoisotopic (exact) mass is 404 g/mol. The number of esters is 1. The van der Waals surface area contributed by atoms with Gasteiger partial charge in [0, 0.05) is 12.3 Å². The minimum atomic E-state index is -0.553. The van der Waals surface area contributed by atoms with Gasteiger partial charge < -0.3 is 14.6 Å². The lowest BCUT2D eigenvalue weighted by atomic mass is 9.65. The molecule has 4 heteroatoms. The van der Waals surface area contributed by atoms with Gasteiger partial charge in [0.15, 0.2) is 0 Å². The average Bonchev–Trinajstić information content (AvgIpc) is 2.65. The Balaban J connectivity index is 1.72. The van der Waals surface area contributed by atoms with Crippen LogP contribution < -0.4 is 0 Å². The van der Waals surface area contributed by atoms with E-state index in [0.717, 1.165) is 32.3 Å². The van der Waals surface area contributed by atoms with Gasteiger partial charge in [0.05, 0.1) is 25.2 Å². The summed E-state index contributed by atoms with van der Waals surface area (Å²) in [5, 5.41) is 9.93. The molecule has 164 valence electrons. The summed E-state index contributed by atoms with van der Waals surface area (Å²) in [5.41, 5.74) is 1.62. The van der Waals surface area contributed by atoms with Crippen molar-refractivity contribution in [2.75, 3.05) is 6.61 Å². The van der Waals surface area contributed by atoms with E-state index in [0.29, 0.717) is 30.1 Å². The number of carbonyl (C=O) groups excluding carboxylic acids is 1. The van der Waals surface area contributed by atoms with Crippen LogP contribution in [0.15, 0.2) is 23.8 Å². The largest absolute Gasteiger partial charge is 0.462 e. The summed E-state index contributed by atoms with van der Waals surface area (Å²) in [6, 6.07) is 0. The predicted octanol–water partition coefficient (Wildman–Crippen LogP) is 5.06. The zero-order valence-corrected chi connectivity index (χ0v) is 18.9. The molecule has 1 aliphatic heterocycles. The van der Waals surface area contributed by atoms with Gasteiger partial charge in [0.2, 0.25) is 0 Å². The SMILES string of the molecule is CCC(C)(C)COC1CC(C)C=C2C=CC(C)C(CCC3CC(O)CC(=O)O3)C21. The molecule has 0 spiro atoms. The van der Waals surface area contributed by atoms with Crippen LogP contribution in [0.1, 0.15) is 73.1 Å². The molecule has 3 aliphatic rings. The molecule has 1 heterocycles. The quantitative estimate of drug-likeness (QED) is 0.603. The van der Waals surface area contributed by atoms with Gasteiger partial charge in [0.1, 0.15) is 6.10 Å². The standard InChI is InChI=1S/C25H40O4/c1-6-25(4,5)15-28-22-12-16(2)11-18-8-7-17(3)21(24(18)22)10-9-20-13-19(26)14-23(27)29-20/h7-8,11,16-17,19-22,24,26H,6,9-10,12-15H2,1-5H3. The molecular formula is C25H40O4. The number of fused-ring (bicyclic) bond motifs is 1. The van der Waals surface area contributed by atoms with E-state index in [-0.39, 0.29) is 30.0 Å². The number of hydrogen-bond acceptors (Lipinski definition) is 4. The summed E-state index contributed by atoms with van der Waals surface area (Å²) in [7, 11) is 0. The fourth-order valence-electron chi connectivity index (χ4n) is 5.12. The Morgan fingerprint density at radius 2 is 2.00 bits per heavy atom. The number of allylic oxidation sites excluding steroid dienone is 3. The third-order valence-corrected chi connectivity index (χ3v) is 7.30. The third-order valence-electron chi connectivity index (χ3n) is 7.30. The number of cyclic esters (lactones) is 1. The van der Waals surface area contributed by atoms with Crippen molar-refractivity contribution in [1.82, 2.24) is 0 Å². The van der Waals surface area contributed by atoms with Gasteiger partial charge >= 0.3 is 5.97 Å². The molecule has 7 atom stereocenters. The second-order valence-corrected chi connectivity index (χ2v) is 10.4. The van der Waals surface area contributed by atoms with Crippen LogP contribution in [0.4, 0.5) is 0 Å². The third kappa shape index (κ3) is 5.73. The minimum absolute atomic E-state index is 0.135. The van der Waals surface area contributed by atoms with Crippen molar-refractivity contribution < 1.29 is 19.4 Å². The van der Waals surface area contributed by atoms with E-state index >= 15 is 0 Å². The summed E-state index contributed by atoms with van der Waals surface area (Å²) in [4.78, 5) is 11.7. The Labute approximate surface area is 176 Å². The number of ether oxygens (including phenoxy) is 2. The number of aliphatic hydroxyl groups excluding tert-OH is 1. The van der Waals surface area contributed by atoms with Crippen molar-refractivity contribution in [3.05, 3.63) is 23.8 Å². The van der Waals surface area contributed by atoms with E-state index in [2.05, 4.69) is 52.8 Å². The number of hydrogen-bond donors (Lipinski definition) is 1. The summed E-state index contributed by atoms with van der Waals surface area (Å²) in [6.45, 7) is 12.2. The minimum Gasteiger partial charge on any atom is -0.462 e. The summed E-state index contributed by atoms with van der Waals surface area (Å²) >= 11 is 0. The smallest absolute Gasteiger partial charge is 0.308 e. The molecule has 0 amide bonds. The van der Waals surface area contributed by atoms with Crippen LogP contribution in [0.5, 0.6) is 0 Å². The second-order valence-electron chi connectivity index (χ2n) is 10.4. The van der Waals surface area contributed by atoms with Crippen LogP contribution in [0.25, 0.3) is 0 Å². The topological polar surface area (TPSA) is 55.8 Å². The van der Waals surface area contributed by atoms with Crippen LogP contribution in [0.3, 0.4) is 0 Å². The molecule has 0 aromatic heterocycles. The van der Waals surface area contributed by atoms with E-state index in [4.69, 9.17) is 9.47 Å². The Bertz CT molecular complexity index is 635. The van der Waals surface area contributed by atoms with Crippen molar-refractivity contribution >= 4 is 5.97 Å². The van der Waals surface area contributed by atoms with Crippen molar-refractivity contribution in [1.29, 1.82) is 0 Å². The first-order valence-corrected chi connectivity index (χ1v) is 11.6. The van der Waals surface area contributed by atoms with Crippen LogP contribution in [0, 0.1) is 29.1 Å². The highest BCUT2D eigenvalue weighted by atomic mass is 16.5. The highest BCUT2D eigenvalue weighted by Gasteiger charge is 2.41. The van der Waals surface area contributed by atoms with Gasteiger partial charge in [-0.2, -0.15) is 0 Å². The molecule has 3 rings (SSSR count). The maximum atomic E-state index is 11.7. The molecule has 7 unspecified atom stereocenters. The molecule has 1 N–H and O–H groups in total. The van der Waals surface area contributed by atoms with Crippen LogP contribution in [-0.2, 0) is 14.3 Å². The second kappa shape index (κ2) is 9.34. The fourth-order valence-corrected chi connectivity index (χ4v) is 5.12. The first-order valence-electron chi connectivity index (χ1n) is 11.6. The van der Waals surface area contributed by atoms with Crippen molar-refractivity contribution in [2.24, 2.45) is 29.1 Å². The maximum absolute atomic E-state index is 11.7. The van der Waals surface area contributed by atoms with Gasteiger partial charge in [-0.05, 0) is 54.4 Å². The van der Waals surface area contributed by atoms with Gasteiger partial charge in [-0.15, -0.1) is 0 Å². The van der Waals surface area contributed by atoms with E-state index in [9.17, 15) is 9.90 Å². The molecule has 0 bridgehead atoms. The lowest BCUT2D eigenvalue weighted by Gasteiger charge is -2.44. The number of carbonyl (C=O) groups is 1. The average molecular weight is 405 g/mol. The molecule has 29 heavy (non-hydrogen) atoms. The van der Waals surface area contributed by atoms with Crippen LogP contribution >= 0.6 is 0 Å². The summed E-state index contributed by atoms with van der Waals surface area (Å²) in [5.74, 6) is 1.62. The molecule has 0 aromatic carbocycles. The number of rotatable bonds is 7. The molecule has 0 radical (unpaired) electrons. The van der Waals surface area contributed by atoms with E-state index < -0.39 is 6.10 Å². The van der Waals surface area contributed by atoms with Crippen molar-refractivity contribution in [3.63, 3.8) is 0 Å². The maximum Gasteiger partial charge on any atom is 0.308 e. The Morgan fingerprint density at radius 1 is 1.24 bits per heavy atom. The van der Waals surface area contributed by atoms with Gasteiger partial charge in [-0.1, -0.05) is 52.8 Å². The fraction of sp³-hybridized carbons (Fsp3) is 0.800. The zero-order valence-electron chi connectivity index (χ0n) is 18.9. The molecular weight excluding hydrogens is 364 g/mol. The number of aliphatic hydroxyl groups is 1. The highest BCUT2D eigenvalue weighted by Crippen LogP contribution is 2.45. The molecule has 4 nitrogen and oxygen atoms in total. The lowest BCUT2D eigenvalue weighted by molar-refractivity contribution is -0.160. The van der Waals surface area contributed by atoms with Gasteiger partial charge in [0.25, 0.3) is 0 Å². The van der Waals surface area contributed by atoms with Crippen molar-refractivity contribution in [3.8, 4) is 0 Å². The first-order chi connectivity index (χ1) is 13.7. The van der Waals surface area contributed by atoms with E-state index in [1.165, 1.54) is 5.57 Å². The van der Waals surface area contributed by atoms with E-state index in [1.807, 2.05) is 0 Å².